The normalized spacial score (nSPS) is 14.0. The molecule has 1 fully saturated rings. The molecule has 164 valence electrons. The number of carbonyl (C=O) groups excluding carboxylic acids is 1. The van der Waals surface area contributed by atoms with Crippen LogP contribution in [0.4, 0.5) is 17.1 Å². The lowest BCUT2D eigenvalue weighted by Gasteiger charge is -2.31. The van der Waals surface area contributed by atoms with Gasteiger partial charge in [0.05, 0.1) is 40.1 Å². The van der Waals surface area contributed by atoms with Crippen molar-refractivity contribution in [1.29, 1.82) is 0 Å². The largest absolute Gasteiger partial charge is 0.456 e. The third-order valence-corrected chi connectivity index (χ3v) is 5.27. The van der Waals surface area contributed by atoms with Crippen LogP contribution in [0.15, 0.2) is 65.1 Å². The van der Waals surface area contributed by atoms with Crippen molar-refractivity contribution in [1.82, 2.24) is 0 Å². The number of ether oxygens (including phenoxy) is 1. The molecular weight excluding hydrogens is 434 g/mol. The number of nitrogens with one attached hydrogen (secondary N) is 1. The molecule has 1 amide bonds. The number of furan rings is 1. The topological polar surface area (TPSA) is 97.8 Å². The fourth-order valence-electron chi connectivity index (χ4n) is 3.49. The number of nitro benzene ring substituents is 1. The number of nitro groups is 1. The number of anilines is 2. The van der Waals surface area contributed by atoms with Crippen molar-refractivity contribution in [2.45, 2.75) is 0 Å². The van der Waals surface area contributed by atoms with Gasteiger partial charge in [0.25, 0.3) is 5.69 Å². The monoisotopic (exact) mass is 453 g/mol. The van der Waals surface area contributed by atoms with E-state index < -0.39 is 4.92 Å². The van der Waals surface area contributed by atoms with Crippen molar-refractivity contribution in [3.63, 3.8) is 0 Å². The van der Waals surface area contributed by atoms with Crippen LogP contribution in [-0.4, -0.2) is 37.1 Å². The average molecular weight is 454 g/mol. The second kappa shape index (κ2) is 9.67. The molecule has 1 aliphatic heterocycles. The van der Waals surface area contributed by atoms with E-state index in [0.29, 0.717) is 54.1 Å². The van der Waals surface area contributed by atoms with E-state index in [9.17, 15) is 14.9 Å². The summed E-state index contributed by atoms with van der Waals surface area (Å²) in [7, 11) is 0. The summed E-state index contributed by atoms with van der Waals surface area (Å²) in [5, 5.41) is 14.6. The van der Waals surface area contributed by atoms with Gasteiger partial charge in [-0.1, -0.05) is 29.8 Å². The van der Waals surface area contributed by atoms with Crippen molar-refractivity contribution < 1.29 is 18.9 Å². The number of hydrogen-bond donors (Lipinski definition) is 1. The highest BCUT2D eigenvalue weighted by molar-refractivity contribution is 6.34. The zero-order valence-corrected chi connectivity index (χ0v) is 17.7. The Bertz CT molecular complexity index is 1170. The molecule has 0 radical (unpaired) electrons. The summed E-state index contributed by atoms with van der Waals surface area (Å²) in [6.45, 7) is 2.56. The minimum atomic E-state index is -0.460. The molecule has 3 aromatic rings. The van der Waals surface area contributed by atoms with E-state index in [0.717, 1.165) is 5.69 Å². The molecule has 32 heavy (non-hydrogen) atoms. The van der Waals surface area contributed by atoms with E-state index in [1.807, 2.05) is 0 Å². The number of amides is 1. The van der Waals surface area contributed by atoms with Crippen LogP contribution in [0.5, 0.6) is 0 Å². The summed E-state index contributed by atoms with van der Waals surface area (Å²) >= 11 is 6.40. The highest BCUT2D eigenvalue weighted by Gasteiger charge is 2.19. The Kier molecular flexibility index (Phi) is 6.53. The first-order valence-corrected chi connectivity index (χ1v) is 10.3. The molecule has 1 aliphatic rings. The molecule has 1 saturated heterocycles. The van der Waals surface area contributed by atoms with Crippen LogP contribution in [0.2, 0.25) is 5.02 Å². The number of para-hydroxylation sites is 2. The minimum absolute atomic E-state index is 0.0493. The third kappa shape index (κ3) is 4.82. The Labute approximate surface area is 189 Å². The standard InChI is InChI=1S/C23H20ClN3O5/c24-18-5-3-6-19(23(18)26-12-14-31-15-13-26)25-22(28)11-9-16-8-10-21(32-16)17-4-1-2-7-20(17)27(29)30/h1-11H,12-15H2,(H,25,28)/b11-9+. The van der Waals surface area contributed by atoms with E-state index in [4.69, 9.17) is 20.8 Å². The van der Waals surface area contributed by atoms with E-state index in [2.05, 4.69) is 10.2 Å². The molecule has 4 rings (SSSR count). The maximum absolute atomic E-state index is 12.5. The molecule has 0 saturated carbocycles. The number of hydrogen-bond acceptors (Lipinski definition) is 6. The van der Waals surface area contributed by atoms with Gasteiger partial charge in [0.15, 0.2) is 0 Å². The molecule has 0 spiro atoms. The molecule has 1 aromatic heterocycles. The summed E-state index contributed by atoms with van der Waals surface area (Å²) < 4.78 is 11.1. The fourth-order valence-corrected chi connectivity index (χ4v) is 3.78. The predicted octanol–water partition coefficient (Wildman–Crippen LogP) is 5.00. The van der Waals surface area contributed by atoms with Gasteiger partial charge in [0.2, 0.25) is 5.91 Å². The number of rotatable bonds is 6. The lowest BCUT2D eigenvalue weighted by molar-refractivity contribution is -0.384. The Morgan fingerprint density at radius 3 is 2.66 bits per heavy atom. The lowest BCUT2D eigenvalue weighted by atomic mass is 10.1. The van der Waals surface area contributed by atoms with Gasteiger partial charge in [-0.2, -0.15) is 0 Å². The third-order valence-electron chi connectivity index (χ3n) is 4.96. The highest BCUT2D eigenvalue weighted by atomic mass is 35.5. The minimum Gasteiger partial charge on any atom is -0.456 e. The predicted molar refractivity (Wildman–Crippen MR) is 123 cm³/mol. The summed E-state index contributed by atoms with van der Waals surface area (Å²) in [4.78, 5) is 25.4. The van der Waals surface area contributed by atoms with Gasteiger partial charge in [-0.3, -0.25) is 14.9 Å². The van der Waals surface area contributed by atoms with Crippen molar-refractivity contribution in [3.8, 4) is 11.3 Å². The van der Waals surface area contributed by atoms with Gasteiger partial charge in [-0.05, 0) is 36.4 Å². The van der Waals surface area contributed by atoms with Gasteiger partial charge in [-0.15, -0.1) is 0 Å². The first-order valence-electron chi connectivity index (χ1n) is 9.97. The number of nitrogens with zero attached hydrogens (tertiary/aromatic N) is 2. The second-order valence-electron chi connectivity index (χ2n) is 7.03. The van der Waals surface area contributed by atoms with Crippen LogP contribution in [0.3, 0.4) is 0 Å². The van der Waals surface area contributed by atoms with E-state index >= 15 is 0 Å². The SMILES string of the molecule is O=C(/C=C/c1ccc(-c2ccccc2[N+](=O)[O-])o1)Nc1cccc(Cl)c1N1CCOCC1. The number of morpholine rings is 1. The van der Waals surface area contributed by atoms with E-state index in [-0.39, 0.29) is 11.6 Å². The number of benzene rings is 2. The first kappa shape index (κ1) is 21.6. The van der Waals surface area contributed by atoms with Crippen LogP contribution in [0, 0.1) is 10.1 Å². The van der Waals surface area contributed by atoms with Crippen molar-refractivity contribution in [2.24, 2.45) is 0 Å². The van der Waals surface area contributed by atoms with Crippen molar-refractivity contribution >= 4 is 40.6 Å². The molecule has 2 heterocycles. The molecule has 0 atom stereocenters. The lowest BCUT2D eigenvalue weighted by Crippen LogP contribution is -2.37. The summed E-state index contributed by atoms with van der Waals surface area (Å²) in [6.07, 6.45) is 2.85. The van der Waals surface area contributed by atoms with Crippen LogP contribution >= 0.6 is 11.6 Å². The molecular formula is C23H20ClN3O5. The zero-order valence-electron chi connectivity index (χ0n) is 17.0. The van der Waals surface area contributed by atoms with Crippen LogP contribution in [0.25, 0.3) is 17.4 Å². The van der Waals surface area contributed by atoms with E-state index in [1.54, 1.807) is 48.5 Å². The smallest absolute Gasteiger partial charge is 0.280 e. The number of halogens is 1. The average Bonchev–Trinajstić information content (AvgIpc) is 3.27. The van der Waals surface area contributed by atoms with E-state index in [1.165, 1.54) is 18.2 Å². The summed E-state index contributed by atoms with van der Waals surface area (Å²) in [5.41, 5.74) is 1.69. The maximum Gasteiger partial charge on any atom is 0.280 e. The first-order chi connectivity index (χ1) is 15.5. The summed E-state index contributed by atoms with van der Waals surface area (Å²) in [6, 6.07) is 15.0. The summed E-state index contributed by atoms with van der Waals surface area (Å²) in [5.74, 6) is 0.389. The fraction of sp³-hybridized carbons (Fsp3) is 0.174. The van der Waals surface area contributed by atoms with Crippen LogP contribution in [0.1, 0.15) is 5.76 Å². The molecule has 0 bridgehead atoms. The van der Waals surface area contributed by atoms with Gasteiger partial charge in [0.1, 0.15) is 11.5 Å². The Morgan fingerprint density at radius 1 is 1.09 bits per heavy atom. The number of carbonyl (C=O) groups is 1. The molecule has 1 N–H and O–H groups in total. The Morgan fingerprint density at radius 2 is 1.88 bits per heavy atom. The second-order valence-corrected chi connectivity index (χ2v) is 7.44. The molecule has 8 nitrogen and oxygen atoms in total. The van der Waals surface area contributed by atoms with Gasteiger partial charge >= 0.3 is 0 Å². The van der Waals surface area contributed by atoms with Gasteiger partial charge < -0.3 is 19.4 Å². The van der Waals surface area contributed by atoms with Crippen molar-refractivity contribution in [3.05, 3.63) is 81.6 Å². The van der Waals surface area contributed by atoms with Crippen LogP contribution < -0.4 is 10.2 Å². The van der Waals surface area contributed by atoms with Crippen molar-refractivity contribution in [2.75, 3.05) is 36.5 Å². The molecule has 0 unspecified atom stereocenters. The van der Waals surface area contributed by atoms with Crippen LogP contribution in [-0.2, 0) is 9.53 Å². The van der Waals surface area contributed by atoms with Gasteiger partial charge in [0, 0.05) is 25.2 Å². The molecule has 0 aliphatic carbocycles. The molecule has 9 heteroatoms. The Balaban J connectivity index is 1.49. The zero-order chi connectivity index (χ0) is 22.5. The highest BCUT2D eigenvalue weighted by Crippen LogP contribution is 2.35. The maximum atomic E-state index is 12.5. The molecule has 2 aromatic carbocycles. The Hall–Kier alpha value is -3.62. The quantitative estimate of drug-likeness (QED) is 0.320. The van der Waals surface area contributed by atoms with Gasteiger partial charge in [-0.25, -0.2) is 0 Å².